The summed E-state index contributed by atoms with van der Waals surface area (Å²) in [5.74, 6) is 0.178. The van der Waals surface area contributed by atoms with Crippen LogP contribution in [0.2, 0.25) is 0 Å². The molecule has 0 saturated heterocycles. The van der Waals surface area contributed by atoms with Gasteiger partial charge in [-0.15, -0.1) is 0 Å². The van der Waals surface area contributed by atoms with E-state index in [1.807, 2.05) is 26.0 Å². The summed E-state index contributed by atoms with van der Waals surface area (Å²) in [5.41, 5.74) is 4.99. The Hall–Kier alpha value is -2.36. The molecule has 0 bridgehead atoms. The van der Waals surface area contributed by atoms with Gasteiger partial charge in [-0.3, -0.25) is 0 Å². The van der Waals surface area contributed by atoms with Crippen molar-refractivity contribution in [1.82, 2.24) is 0 Å². The Morgan fingerprint density at radius 3 is 2.50 bits per heavy atom. The maximum Gasteiger partial charge on any atom is 0.338 e. The molecule has 2 aromatic carbocycles. The fourth-order valence-electron chi connectivity index (χ4n) is 3.76. The fourth-order valence-corrected chi connectivity index (χ4v) is 3.76. The molecule has 26 heavy (non-hydrogen) atoms. The molecule has 1 unspecified atom stereocenters. The first-order valence-corrected chi connectivity index (χ1v) is 9.00. The summed E-state index contributed by atoms with van der Waals surface area (Å²) in [6.07, 6.45) is 2.04. The minimum Gasteiger partial charge on any atom is -0.496 e. The van der Waals surface area contributed by atoms with Crippen LogP contribution in [-0.2, 0) is 11.2 Å². The minimum atomic E-state index is -0.389. The highest BCUT2D eigenvalue weighted by atomic mass is 19.1. The Kier molecular flexibility index (Phi) is 5.03. The summed E-state index contributed by atoms with van der Waals surface area (Å²) in [7, 11) is 2.89. The Balaban J connectivity index is 2.29. The van der Waals surface area contributed by atoms with Gasteiger partial charge in [0, 0.05) is 17.2 Å². The first-order chi connectivity index (χ1) is 12.4. The lowest BCUT2D eigenvalue weighted by Crippen LogP contribution is -2.07. The van der Waals surface area contributed by atoms with Gasteiger partial charge in [0.15, 0.2) is 0 Å². The highest BCUT2D eigenvalue weighted by Gasteiger charge is 2.26. The maximum atomic E-state index is 14.4. The molecule has 0 fully saturated rings. The van der Waals surface area contributed by atoms with Crippen molar-refractivity contribution in [2.75, 3.05) is 14.2 Å². The number of halogens is 1. The number of carbonyl (C=O) groups is 1. The first kappa shape index (κ1) is 18.4. The molecule has 0 radical (unpaired) electrons. The SMILES string of the molecule is COC(=O)c1cc2c(cc1-c1cc(C(C)C)c(F)cc1OC)CCC2C. The molecule has 0 spiro atoms. The second-order valence-electron chi connectivity index (χ2n) is 7.26. The standard InChI is InChI=1S/C22H25FO3/c1-12(2)15-9-18(21(25-4)11-20(15)23)17-8-14-7-6-13(3)16(14)10-19(17)22(24)26-5/h8-13H,6-7H2,1-5H3. The third kappa shape index (κ3) is 3.09. The van der Waals surface area contributed by atoms with Crippen LogP contribution in [0, 0.1) is 5.82 Å². The molecule has 0 amide bonds. The van der Waals surface area contributed by atoms with Crippen LogP contribution >= 0.6 is 0 Å². The fraction of sp³-hybridized carbons (Fsp3) is 0.409. The summed E-state index contributed by atoms with van der Waals surface area (Å²) in [4.78, 5) is 12.5. The van der Waals surface area contributed by atoms with Gasteiger partial charge in [0.2, 0.25) is 0 Å². The average molecular weight is 356 g/mol. The number of ether oxygens (including phenoxy) is 2. The zero-order chi connectivity index (χ0) is 19.0. The first-order valence-electron chi connectivity index (χ1n) is 9.00. The number of hydrogen-bond acceptors (Lipinski definition) is 3. The van der Waals surface area contributed by atoms with E-state index in [2.05, 4.69) is 6.92 Å². The van der Waals surface area contributed by atoms with Crippen molar-refractivity contribution >= 4 is 5.97 Å². The molecule has 0 N–H and O–H groups in total. The predicted molar refractivity (Wildman–Crippen MR) is 101 cm³/mol. The lowest BCUT2D eigenvalue weighted by Gasteiger charge is -2.18. The van der Waals surface area contributed by atoms with Crippen LogP contribution in [0.3, 0.4) is 0 Å². The molecular weight excluding hydrogens is 331 g/mol. The number of rotatable bonds is 4. The number of aryl methyl sites for hydroxylation is 1. The molecule has 0 heterocycles. The summed E-state index contributed by atoms with van der Waals surface area (Å²) in [6, 6.07) is 7.18. The van der Waals surface area contributed by atoms with E-state index in [1.165, 1.54) is 31.4 Å². The lowest BCUT2D eigenvalue weighted by molar-refractivity contribution is 0.0601. The normalized spacial score (nSPS) is 15.9. The van der Waals surface area contributed by atoms with Gasteiger partial charge < -0.3 is 9.47 Å². The van der Waals surface area contributed by atoms with Crippen LogP contribution in [0.1, 0.15) is 66.1 Å². The van der Waals surface area contributed by atoms with Crippen LogP contribution in [0.15, 0.2) is 24.3 Å². The number of hydrogen-bond donors (Lipinski definition) is 0. The largest absolute Gasteiger partial charge is 0.496 e. The smallest absolute Gasteiger partial charge is 0.338 e. The molecule has 1 aliphatic rings. The summed E-state index contributed by atoms with van der Waals surface area (Å²) < 4.78 is 24.9. The Bertz CT molecular complexity index is 855. The Labute approximate surface area is 154 Å². The van der Waals surface area contributed by atoms with Crippen LogP contribution in [0.5, 0.6) is 5.75 Å². The van der Waals surface area contributed by atoms with Gasteiger partial charge in [-0.25, -0.2) is 9.18 Å². The zero-order valence-electron chi connectivity index (χ0n) is 16.0. The lowest BCUT2D eigenvalue weighted by atomic mass is 9.90. The second-order valence-corrected chi connectivity index (χ2v) is 7.26. The molecular formula is C22H25FO3. The van der Waals surface area contributed by atoms with E-state index in [-0.39, 0.29) is 17.7 Å². The van der Waals surface area contributed by atoms with Crippen LogP contribution < -0.4 is 4.74 Å². The summed E-state index contributed by atoms with van der Waals surface area (Å²) >= 11 is 0. The Morgan fingerprint density at radius 2 is 1.88 bits per heavy atom. The van der Waals surface area contributed by atoms with Crippen molar-refractivity contribution in [2.24, 2.45) is 0 Å². The van der Waals surface area contributed by atoms with Gasteiger partial charge in [-0.1, -0.05) is 20.8 Å². The quantitative estimate of drug-likeness (QED) is 0.682. The van der Waals surface area contributed by atoms with Gasteiger partial charge in [-0.2, -0.15) is 0 Å². The highest BCUT2D eigenvalue weighted by molar-refractivity contribution is 5.99. The van der Waals surface area contributed by atoms with Crippen LogP contribution in [-0.4, -0.2) is 20.2 Å². The van der Waals surface area contributed by atoms with Gasteiger partial charge in [0.05, 0.1) is 19.8 Å². The molecule has 0 aliphatic heterocycles. The van der Waals surface area contributed by atoms with Crippen LogP contribution in [0.25, 0.3) is 11.1 Å². The molecule has 0 aromatic heterocycles. The molecule has 138 valence electrons. The topological polar surface area (TPSA) is 35.5 Å². The number of methoxy groups -OCH3 is 2. The second kappa shape index (κ2) is 7.10. The zero-order valence-corrected chi connectivity index (χ0v) is 16.0. The van der Waals surface area contributed by atoms with E-state index in [1.54, 1.807) is 6.07 Å². The van der Waals surface area contributed by atoms with Crippen LogP contribution in [0.4, 0.5) is 4.39 Å². The highest BCUT2D eigenvalue weighted by Crippen LogP contribution is 2.41. The Morgan fingerprint density at radius 1 is 1.15 bits per heavy atom. The molecule has 2 aromatic rings. The molecule has 1 atom stereocenters. The average Bonchev–Trinajstić information content (AvgIpc) is 2.99. The molecule has 3 nitrogen and oxygen atoms in total. The number of fused-ring (bicyclic) bond motifs is 1. The van der Waals surface area contributed by atoms with Crippen molar-refractivity contribution in [1.29, 1.82) is 0 Å². The van der Waals surface area contributed by atoms with Crippen molar-refractivity contribution in [3.63, 3.8) is 0 Å². The van der Waals surface area contributed by atoms with E-state index in [4.69, 9.17) is 9.47 Å². The van der Waals surface area contributed by atoms with E-state index in [0.717, 1.165) is 24.0 Å². The summed E-state index contributed by atoms with van der Waals surface area (Å²) in [5, 5.41) is 0. The van der Waals surface area contributed by atoms with E-state index in [0.29, 0.717) is 22.8 Å². The van der Waals surface area contributed by atoms with E-state index < -0.39 is 0 Å². The number of carbonyl (C=O) groups excluding carboxylic acids is 1. The number of benzene rings is 2. The van der Waals surface area contributed by atoms with E-state index >= 15 is 0 Å². The van der Waals surface area contributed by atoms with Crippen molar-refractivity contribution in [3.05, 3.63) is 52.3 Å². The van der Waals surface area contributed by atoms with Crippen molar-refractivity contribution < 1.29 is 18.7 Å². The summed E-state index contributed by atoms with van der Waals surface area (Å²) in [6.45, 7) is 6.06. The van der Waals surface area contributed by atoms with Crippen molar-refractivity contribution in [3.8, 4) is 16.9 Å². The molecule has 0 saturated carbocycles. The van der Waals surface area contributed by atoms with E-state index in [9.17, 15) is 9.18 Å². The van der Waals surface area contributed by atoms with Gasteiger partial charge >= 0.3 is 5.97 Å². The van der Waals surface area contributed by atoms with Crippen molar-refractivity contribution in [2.45, 2.75) is 45.4 Å². The predicted octanol–water partition coefficient (Wildman–Crippen LogP) is 5.46. The third-order valence-corrected chi connectivity index (χ3v) is 5.29. The number of esters is 1. The molecule has 1 aliphatic carbocycles. The monoisotopic (exact) mass is 356 g/mol. The van der Waals surface area contributed by atoms with Gasteiger partial charge in [0.1, 0.15) is 11.6 Å². The van der Waals surface area contributed by atoms with Gasteiger partial charge in [-0.05, 0) is 59.6 Å². The molecule has 4 heteroatoms. The van der Waals surface area contributed by atoms with Gasteiger partial charge in [0.25, 0.3) is 0 Å². The minimum absolute atomic E-state index is 0.0238. The maximum absolute atomic E-state index is 14.4. The third-order valence-electron chi connectivity index (χ3n) is 5.29. The molecule has 3 rings (SSSR count).